The fourth-order valence-electron chi connectivity index (χ4n) is 2.94. The first kappa shape index (κ1) is 22.0. The quantitative estimate of drug-likeness (QED) is 0.177. The highest BCUT2D eigenvalue weighted by Gasteiger charge is 2.14. The highest BCUT2D eigenvalue weighted by Crippen LogP contribution is 2.31. The molecule has 0 atom stereocenters. The predicted molar refractivity (Wildman–Crippen MR) is 127 cm³/mol. The molecule has 2 aromatic carbocycles. The number of thiazole rings is 1. The molecule has 32 heavy (non-hydrogen) atoms. The molecular weight excluding hydrogens is 471 g/mol. The molecule has 0 N–H and O–H groups in total. The van der Waals surface area contributed by atoms with Crippen molar-refractivity contribution in [2.45, 2.75) is 13.8 Å². The van der Waals surface area contributed by atoms with E-state index < -0.39 is 4.92 Å². The molecule has 10 heteroatoms. The van der Waals surface area contributed by atoms with Crippen molar-refractivity contribution >= 4 is 52.3 Å². The van der Waals surface area contributed by atoms with Gasteiger partial charge in [-0.25, -0.2) is 9.67 Å². The van der Waals surface area contributed by atoms with E-state index in [4.69, 9.17) is 32.6 Å². The summed E-state index contributed by atoms with van der Waals surface area (Å²) in [6.45, 7) is 3.98. The number of halogens is 2. The second-order valence-electron chi connectivity index (χ2n) is 6.92. The molecule has 0 aliphatic carbocycles. The van der Waals surface area contributed by atoms with Crippen molar-refractivity contribution in [1.29, 1.82) is 0 Å². The standard InChI is InChI=1S/C22H16Cl2N4O3S/c1-13-3-4-14(2)19(9-13)26-22-27(25-11-16-6-8-21(31-16)28(29)30)20(12-32-22)17-10-15(23)5-7-18(17)24/h3-12H,1-2H3. The summed E-state index contributed by atoms with van der Waals surface area (Å²) in [7, 11) is 0. The van der Waals surface area contributed by atoms with Gasteiger partial charge in [-0.2, -0.15) is 5.10 Å². The smallest absolute Gasteiger partial charge is 0.400 e. The van der Waals surface area contributed by atoms with E-state index in [0.717, 1.165) is 16.8 Å². The van der Waals surface area contributed by atoms with Crippen LogP contribution in [0.4, 0.5) is 11.6 Å². The molecule has 2 aromatic heterocycles. The van der Waals surface area contributed by atoms with Gasteiger partial charge in [-0.3, -0.25) is 10.1 Å². The van der Waals surface area contributed by atoms with Gasteiger partial charge in [0, 0.05) is 16.0 Å². The number of rotatable bonds is 5. The van der Waals surface area contributed by atoms with E-state index >= 15 is 0 Å². The Morgan fingerprint density at radius 1 is 1.12 bits per heavy atom. The maximum Gasteiger partial charge on any atom is 0.433 e. The Morgan fingerprint density at radius 2 is 1.94 bits per heavy atom. The normalized spacial score (nSPS) is 12.1. The van der Waals surface area contributed by atoms with Gasteiger partial charge in [0.05, 0.1) is 28.7 Å². The summed E-state index contributed by atoms with van der Waals surface area (Å²) in [5.41, 5.74) is 4.27. The molecule has 4 aromatic rings. The lowest BCUT2D eigenvalue weighted by atomic mass is 10.1. The first-order chi connectivity index (χ1) is 15.3. The molecule has 0 aliphatic heterocycles. The molecule has 0 bridgehead atoms. The molecule has 0 saturated heterocycles. The monoisotopic (exact) mass is 486 g/mol. The first-order valence-corrected chi connectivity index (χ1v) is 11.0. The van der Waals surface area contributed by atoms with Crippen molar-refractivity contribution < 1.29 is 9.34 Å². The van der Waals surface area contributed by atoms with E-state index in [1.165, 1.54) is 29.7 Å². The summed E-state index contributed by atoms with van der Waals surface area (Å²) in [6.07, 6.45) is 1.39. The fraction of sp³-hybridized carbons (Fsp3) is 0.0909. The molecule has 0 radical (unpaired) electrons. The third-order valence-electron chi connectivity index (χ3n) is 4.56. The van der Waals surface area contributed by atoms with Gasteiger partial charge < -0.3 is 4.42 Å². The lowest BCUT2D eigenvalue weighted by Crippen LogP contribution is -2.11. The summed E-state index contributed by atoms with van der Waals surface area (Å²) in [4.78, 5) is 15.7. The second kappa shape index (κ2) is 9.12. The molecule has 2 heterocycles. The van der Waals surface area contributed by atoms with Crippen LogP contribution >= 0.6 is 34.5 Å². The zero-order valence-electron chi connectivity index (χ0n) is 17.0. The van der Waals surface area contributed by atoms with Gasteiger partial charge in [-0.05, 0) is 55.3 Å². The van der Waals surface area contributed by atoms with Crippen LogP contribution in [0.15, 0.2) is 68.4 Å². The molecular formula is C22H16Cl2N4O3S. The number of aryl methyl sites for hydroxylation is 2. The third-order valence-corrected chi connectivity index (χ3v) is 5.94. The molecule has 0 aliphatic rings. The Morgan fingerprint density at radius 3 is 2.69 bits per heavy atom. The van der Waals surface area contributed by atoms with E-state index in [9.17, 15) is 10.1 Å². The van der Waals surface area contributed by atoms with Crippen LogP contribution in [0.3, 0.4) is 0 Å². The van der Waals surface area contributed by atoms with Crippen molar-refractivity contribution in [3.8, 4) is 11.3 Å². The molecule has 0 unspecified atom stereocenters. The summed E-state index contributed by atoms with van der Waals surface area (Å²) in [5, 5.41) is 18.3. The van der Waals surface area contributed by atoms with E-state index in [0.29, 0.717) is 26.1 Å². The fourth-order valence-corrected chi connectivity index (χ4v) is 4.16. The van der Waals surface area contributed by atoms with Crippen LogP contribution in [0.2, 0.25) is 10.0 Å². The number of aromatic nitrogens is 1. The summed E-state index contributed by atoms with van der Waals surface area (Å²) in [5.74, 6) is -0.128. The maximum absolute atomic E-state index is 10.9. The minimum Gasteiger partial charge on any atom is -0.400 e. The van der Waals surface area contributed by atoms with Crippen LogP contribution in [0.1, 0.15) is 16.9 Å². The van der Waals surface area contributed by atoms with Crippen LogP contribution in [-0.4, -0.2) is 15.8 Å². The first-order valence-electron chi connectivity index (χ1n) is 9.38. The second-order valence-corrected chi connectivity index (χ2v) is 8.60. The van der Waals surface area contributed by atoms with Gasteiger partial charge in [0.1, 0.15) is 4.92 Å². The zero-order valence-corrected chi connectivity index (χ0v) is 19.3. The Balaban J connectivity index is 1.89. The van der Waals surface area contributed by atoms with E-state index in [2.05, 4.69) is 5.10 Å². The van der Waals surface area contributed by atoms with Crippen LogP contribution in [-0.2, 0) is 0 Å². The zero-order chi connectivity index (χ0) is 22.8. The summed E-state index contributed by atoms with van der Waals surface area (Å²) in [6, 6.07) is 13.9. The minimum absolute atomic E-state index is 0.233. The van der Waals surface area contributed by atoms with Crippen molar-refractivity contribution in [1.82, 2.24) is 4.68 Å². The predicted octanol–water partition coefficient (Wildman–Crippen LogP) is 6.76. The van der Waals surface area contributed by atoms with Crippen LogP contribution in [0.5, 0.6) is 0 Å². The van der Waals surface area contributed by atoms with Gasteiger partial charge in [0.25, 0.3) is 0 Å². The van der Waals surface area contributed by atoms with Gasteiger partial charge in [-0.1, -0.05) is 35.3 Å². The lowest BCUT2D eigenvalue weighted by molar-refractivity contribution is -0.402. The SMILES string of the molecule is Cc1ccc(C)c(N=c2scc(-c3cc(Cl)ccc3Cl)n2N=Cc2ccc([N+](=O)[O-])o2)c1. The molecule has 4 rings (SSSR count). The summed E-state index contributed by atoms with van der Waals surface area (Å²) >= 11 is 14.0. The number of furan rings is 1. The van der Waals surface area contributed by atoms with Gasteiger partial charge in [-0.15, -0.1) is 11.3 Å². The maximum atomic E-state index is 10.9. The highest BCUT2D eigenvalue weighted by atomic mass is 35.5. The van der Waals surface area contributed by atoms with E-state index in [-0.39, 0.29) is 11.6 Å². The Labute approximate surface area is 197 Å². The van der Waals surface area contributed by atoms with Gasteiger partial charge in [0.15, 0.2) is 5.76 Å². The Hall–Kier alpha value is -3.20. The highest BCUT2D eigenvalue weighted by molar-refractivity contribution is 7.07. The molecule has 0 fully saturated rings. The largest absolute Gasteiger partial charge is 0.433 e. The third kappa shape index (κ3) is 4.67. The van der Waals surface area contributed by atoms with Crippen molar-refractivity contribution in [2.75, 3.05) is 0 Å². The molecule has 0 amide bonds. The lowest BCUT2D eigenvalue weighted by Gasteiger charge is -2.06. The van der Waals surface area contributed by atoms with E-state index in [1.807, 2.05) is 37.4 Å². The molecule has 0 saturated carbocycles. The number of hydrogen-bond acceptors (Lipinski definition) is 6. The Bertz CT molecular complexity index is 1420. The number of hydrogen-bond donors (Lipinski definition) is 0. The molecule has 0 spiro atoms. The van der Waals surface area contributed by atoms with Crippen molar-refractivity contribution in [3.05, 3.63) is 95.8 Å². The Kier molecular flexibility index (Phi) is 6.27. The summed E-state index contributed by atoms with van der Waals surface area (Å²) < 4.78 is 6.80. The molecule has 162 valence electrons. The topological polar surface area (TPSA) is 85.9 Å². The minimum atomic E-state index is -0.604. The molecule has 7 nitrogen and oxygen atoms in total. The van der Waals surface area contributed by atoms with Crippen LogP contribution < -0.4 is 4.80 Å². The van der Waals surface area contributed by atoms with Crippen molar-refractivity contribution in [2.24, 2.45) is 10.1 Å². The number of nitrogens with zero attached hydrogens (tertiary/aromatic N) is 4. The van der Waals surface area contributed by atoms with Gasteiger partial charge >= 0.3 is 5.88 Å². The number of nitro groups is 1. The van der Waals surface area contributed by atoms with Gasteiger partial charge in [0.2, 0.25) is 4.80 Å². The average molecular weight is 487 g/mol. The number of benzene rings is 2. The van der Waals surface area contributed by atoms with Crippen LogP contribution in [0, 0.1) is 24.0 Å². The van der Waals surface area contributed by atoms with E-state index in [1.54, 1.807) is 22.9 Å². The average Bonchev–Trinajstić information content (AvgIpc) is 3.38. The van der Waals surface area contributed by atoms with Crippen molar-refractivity contribution in [3.63, 3.8) is 0 Å². The van der Waals surface area contributed by atoms with Crippen LogP contribution in [0.25, 0.3) is 11.3 Å².